The first-order valence-corrected chi connectivity index (χ1v) is 8.69. The van der Waals surface area contributed by atoms with Crippen molar-refractivity contribution in [1.29, 1.82) is 0 Å². The Balaban J connectivity index is 1.81. The van der Waals surface area contributed by atoms with E-state index < -0.39 is 0 Å². The van der Waals surface area contributed by atoms with Gasteiger partial charge in [-0.2, -0.15) is 5.10 Å². The molecule has 0 radical (unpaired) electrons. The van der Waals surface area contributed by atoms with Crippen LogP contribution in [0.3, 0.4) is 0 Å². The highest BCUT2D eigenvalue weighted by molar-refractivity contribution is 5.39. The van der Waals surface area contributed by atoms with Gasteiger partial charge in [0.05, 0.1) is 11.6 Å². The normalized spacial score (nSPS) is 27.3. The van der Waals surface area contributed by atoms with Crippen LogP contribution in [0.2, 0.25) is 0 Å². The van der Waals surface area contributed by atoms with Gasteiger partial charge in [-0.05, 0) is 66.0 Å². The third-order valence-electron chi connectivity index (χ3n) is 4.89. The van der Waals surface area contributed by atoms with Crippen LogP contribution in [0.5, 0.6) is 0 Å². The summed E-state index contributed by atoms with van der Waals surface area (Å²) in [4.78, 5) is 0. The SMILES string of the molecule is CC(C)(C)n1nc(NC2CCNCC2)cc1[C@H]1CC[C@@H](O)C1. The lowest BCUT2D eigenvalue weighted by atomic mass is 10.0. The number of nitrogens with one attached hydrogen (secondary N) is 2. The molecule has 0 amide bonds. The summed E-state index contributed by atoms with van der Waals surface area (Å²) in [6.45, 7) is 8.76. The molecule has 2 fully saturated rings. The summed E-state index contributed by atoms with van der Waals surface area (Å²) in [6.07, 6.45) is 5.01. The third-order valence-corrected chi connectivity index (χ3v) is 4.89. The van der Waals surface area contributed by atoms with Gasteiger partial charge in [-0.25, -0.2) is 0 Å². The Labute approximate surface area is 133 Å². The van der Waals surface area contributed by atoms with Gasteiger partial charge in [-0.15, -0.1) is 0 Å². The van der Waals surface area contributed by atoms with Gasteiger partial charge in [0.15, 0.2) is 0 Å². The molecule has 2 heterocycles. The quantitative estimate of drug-likeness (QED) is 0.802. The molecule has 2 aliphatic rings. The molecular weight excluding hydrogens is 276 g/mol. The molecule has 1 aromatic rings. The van der Waals surface area contributed by atoms with E-state index in [-0.39, 0.29) is 11.6 Å². The molecule has 0 bridgehead atoms. The summed E-state index contributed by atoms with van der Waals surface area (Å²) < 4.78 is 2.17. The van der Waals surface area contributed by atoms with Crippen molar-refractivity contribution in [2.24, 2.45) is 0 Å². The third kappa shape index (κ3) is 3.46. The molecule has 1 aliphatic heterocycles. The largest absolute Gasteiger partial charge is 0.393 e. The molecule has 1 aromatic heterocycles. The lowest BCUT2D eigenvalue weighted by Crippen LogP contribution is -2.35. The molecule has 124 valence electrons. The molecule has 0 aromatic carbocycles. The minimum Gasteiger partial charge on any atom is -0.393 e. The molecule has 3 rings (SSSR count). The van der Waals surface area contributed by atoms with E-state index in [4.69, 9.17) is 5.10 Å². The molecule has 0 unspecified atom stereocenters. The molecule has 2 atom stereocenters. The molecule has 5 nitrogen and oxygen atoms in total. The minimum atomic E-state index is -0.144. The molecule has 1 aliphatic carbocycles. The van der Waals surface area contributed by atoms with Gasteiger partial charge >= 0.3 is 0 Å². The number of piperidine rings is 1. The maximum atomic E-state index is 9.87. The summed E-state index contributed by atoms with van der Waals surface area (Å²) in [5.74, 6) is 1.43. The lowest BCUT2D eigenvalue weighted by Gasteiger charge is -2.25. The molecule has 22 heavy (non-hydrogen) atoms. The molecular formula is C17H30N4O. The number of aromatic nitrogens is 2. The Morgan fingerprint density at radius 3 is 2.55 bits per heavy atom. The lowest BCUT2D eigenvalue weighted by molar-refractivity contribution is 0.180. The summed E-state index contributed by atoms with van der Waals surface area (Å²) in [5, 5.41) is 21.7. The first-order chi connectivity index (χ1) is 10.4. The van der Waals surface area contributed by atoms with Crippen molar-refractivity contribution in [3.8, 4) is 0 Å². The van der Waals surface area contributed by atoms with E-state index in [2.05, 4.69) is 42.2 Å². The highest BCUT2D eigenvalue weighted by Crippen LogP contribution is 2.37. The van der Waals surface area contributed by atoms with Crippen LogP contribution >= 0.6 is 0 Å². The molecule has 0 spiro atoms. The number of anilines is 1. The fourth-order valence-electron chi connectivity index (χ4n) is 3.70. The average molecular weight is 306 g/mol. The van der Waals surface area contributed by atoms with Gasteiger partial charge in [0, 0.05) is 23.7 Å². The van der Waals surface area contributed by atoms with Gasteiger partial charge in [-0.3, -0.25) is 4.68 Å². The Morgan fingerprint density at radius 1 is 1.23 bits per heavy atom. The fourth-order valence-corrected chi connectivity index (χ4v) is 3.70. The first kappa shape index (κ1) is 15.8. The van der Waals surface area contributed by atoms with E-state index in [0.717, 1.165) is 51.0 Å². The number of aliphatic hydroxyl groups is 1. The Morgan fingerprint density at radius 2 is 1.95 bits per heavy atom. The van der Waals surface area contributed by atoms with Crippen LogP contribution in [0.4, 0.5) is 5.82 Å². The van der Waals surface area contributed by atoms with E-state index in [9.17, 15) is 5.11 Å². The topological polar surface area (TPSA) is 62.1 Å². The summed E-state index contributed by atoms with van der Waals surface area (Å²) >= 11 is 0. The van der Waals surface area contributed by atoms with Crippen molar-refractivity contribution in [2.45, 2.75) is 76.5 Å². The number of hydrogen-bond acceptors (Lipinski definition) is 4. The second-order valence-electron chi connectivity index (χ2n) is 7.87. The van der Waals surface area contributed by atoms with Crippen molar-refractivity contribution in [1.82, 2.24) is 15.1 Å². The molecule has 1 saturated heterocycles. The molecule has 3 N–H and O–H groups in total. The Bertz CT molecular complexity index is 499. The maximum absolute atomic E-state index is 9.87. The molecule has 1 saturated carbocycles. The van der Waals surface area contributed by atoms with Gasteiger partial charge in [-0.1, -0.05) is 0 Å². The smallest absolute Gasteiger partial charge is 0.148 e. The van der Waals surface area contributed by atoms with Gasteiger partial charge in [0.2, 0.25) is 0 Å². The number of aliphatic hydroxyl groups excluding tert-OH is 1. The number of nitrogens with zero attached hydrogens (tertiary/aromatic N) is 2. The van der Waals surface area contributed by atoms with Crippen LogP contribution in [0.1, 0.15) is 64.5 Å². The van der Waals surface area contributed by atoms with Gasteiger partial charge in [0.25, 0.3) is 0 Å². The van der Waals surface area contributed by atoms with Crippen LogP contribution in [0.25, 0.3) is 0 Å². The predicted molar refractivity (Wildman–Crippen MR) is 89.3 cm³/mol. The summed E-state index contributed by atoms with van der Waals surface area (Å²) in [6, 6.07) is 2.74. The number of hydrogen-bond donors (Lipinski definition) is 3. The highest BCUT2D eigenvalue weighted by Gasteiger charge is 2.31. The van der Waals surface area contributed by atoms with E-state index in [1.54, 1.807) is 0 Å². The van der Waals surface area contributed by atoms with Crippen molar-refractivity contribution in [2.75, 3.05) is 18.4 Å². The zero-order valence-electron chi connectivity index (χ0n) is 14.1. The monoisotopic (exact) mass is 306 g/mol. The molecule has 5 heteroatoms. The first-order valence-electron chi connectivity index (χ1n) is 8.69. The van der Waals surface area contributed by atoms with E-state index in [1.807, 2.05) is 0 Å². The zero-order valence-corrected chi connectivity index (χ0v) is 14.1. The average Bonchev–Trinajstić information content (AvgIpc) is 3.06. The minimum absolute atomic E-state index is 0.0308. The number of rotatable bonds is 3. The van der Waals surface area contributed by atoms with Gasteiger partial charge < -0.3 is 15.7 Å². The van der Waals surface area contributed by atoms with E-state index in [1.165, 1.54) is 5.69 Å². The standard InChI is InChI=1S/C17H30N4O/c1-17(2,3)21-15(12-4-5-14(22)10-12)11-16(20-21)19-13-6-8-18-9-7-13/h11-14,18,22H,4-10H2,1-3H3,(H,19,20)/t12-,14+/m0/s1. The highest BCUT2D eigenvalue weighted by atomic mass is 16.3. The van der Waals surface area contributed by atoms with Crippen molar-refractivity contribution < 1.29 is 5.11 Å². The summed E-state index contributed by atoms with van der Waals surface area (Å²) in [5.41, 5.74) is 1.25. The zero-order chi connectivity index (χ0) is 15.7. The maximum Gasteiger partial charge on any atom is 0.148 e. The van der Waals surface area contributed by atoms with Crippen LogP contribution in [-0.2, 0) is 5.54 Å². The van der Waals surface area contributed by atoms with Crippen LogP contribution in [0, 0.1) is 0 Å². The van der Waals surface area contributed by atoms with Crippen molar-refractivity contribution in [3.63, 3.8) is 0 Å². The van der Waals surface area contributed by atoms with Crippen LogP contribution in [-0.4, -0.2) is 40.1 Å². The second kappa shape index (κ2) is 6.20. The van der Waals surface area contributed by atoms with E-state index in [0.29, 0.717) is 12.0 Å². The van der Waals surface area contributed by atoms with Gasteiger partial charge in [0.1, 0.15) is 5.82 Å². The Kier molecular flexibility index (Phi) is 4.46. The van der Waals surface area contributed by atoms with Crippen LogP contribution in [0.15, 0.2) is 6.07 Å². The Hall–Kier alpha value is -1.07. The summed E-state index contributed by atoms with van der Waals surface area (Å²) in [7, 11) is 0. The van der Waals surface area contributed by atoms with Crippen LogP contribution < -0.4 is 10.6 Å². The van der Waals surface area contributed by atoms with E-state index >= 15 is 0 Å². The second-order valence-corrected chi connectivity index (χ2v) is 7.87. The van der Waals surface area contributed by atoms with Crippen molar-refractivity contribution in [3.05, 3.63) is 11.8 Å². The van der Waals surface area contributed by atoms with Crippen molar-refractivity contribution >= 4 is 5.82 Å². The fraction of sp³-hybridized carbons (Fsp3) is 0.824. The predicted octanol–water partition coefficient (Wildman–Crippen LogP) is 2.43.